The molecule has 0 aliphatic heterocycles. The highest BCUT2D eigenvalue weighted by atomic mass is 32.2. The first-order valence-corrected chi connectivity index (χ1v) is 11.9. The summed E-state index contributed by atoms with van der Waals surface area (Å²) in [5.41, 5.74) is 2.96. The van der Waals surface area contributed by atoms with Gasteiger partial charge in [0, 0.05) is 24.6 Å². The molecule has 0 radical (unpaired) electrons. The first-order valence-electron chi connectivity index (χ1n) is 10.7. The molecule has 0 unspecified atom stereocenters. The number of amides is 1. The molecule has 2 aromatic carbocycles. The Morgan fingerprint density at radius 3 is 2.43 bits per heavy atom. The summed E-state index contributed by atoms with van der Waals surface area (Å²) < 4.78 is 2.34. The third kappa shape index (κ3) is 4.75. The maximum Gasteiger partial charge on any atom is 0.251 e. The van der Waals surface area contributed by atoms with E-state index in [0.29, 0.717) is 18.2 Å². The topological polar surface area (TPSA) is 59.8 Å². The summed E-state index contributed by atoms with van der Waals surface area (Å²) >= 11 is 1.66. The highest BCUT2D eigenvalue weighted by Gasteiger charge is 2.23. The Hall–Kier alpha value is -2.60. The van der Waals surface area contributed by atoms with Gasteiger partial charge >= 0.3 is 0 Å². The molecular formula is C24H28N4OS. The number of hydrogen-bond acceptors (Lipinski definition) is 4. The van der Waals surface area contributed by atoms with Gasteiger partial charge in [0.25, 0.3) is 5.91 Å². The van der Waals surface area contributed by atoms with Crippen LogP contribution in [0.4, 0.5) is 0 Å². The van der Waals surface area contributed by atoms with Crippen molar-refractivity contribution in [2.75, 3.05) is 12.8 Å². The number of aromatic nitrogens is 3. The highest BCUT2D eigenvalue weighted by molar-refractivity contribution is 7.98. The van der Waals surface area contributed by atoms with E-state index in [-0.39, 0.29) is 5.91 Å². The van der Waals surface area contributed by atoms with E-state index in [4.69, 9.17) is 0 Å². The summed E-state index contributed by atoms with van der Waals surface area (Å²) in [6, 6.07) is 18.5. The van der Waals surface area contributed by atoms with Gasteiger partial charge in [-0.25, -0.2) is 0 Å². The number of aryl methyl sites for hydroxylation is 1. The van der Waals surface area contributed by atoms with E-state index < -0.39 is 0 Å². The third-order valence-electron chi connectivity index (χ3n) is 5.72. The second-order valence-corrected chi connectivity index (χ2v) is 8.49. The second kappa shape index (κ2) is 9.94. The molecule has 5 nitrogen and oxygen atoms in total. The Bertz CT molecular complexity index is 963. The average molecular weight is 421 g/mol. The van der Waals surface area contributed by atoms with E-state index in [1.165, 1.54) is 25.7 Å². The van der Waals surface area contributed by atoms with Gasteiger partial charge in [-0.05, 0) is 48.8 Å². The zero-order chi connectivity index (χ0) is 20.8. The number of carbonyl (C=O) groups excluding carboxylic acids is 1. The van der Waals surface area contributed by atoms with Crippen LogP contribution in [0.5, 0.6) is 0 Å². The van der Waals surface area contributed by atoms with Crippen LogP contribution in [0.25, 0.3) is 11.1 Å². The molecule has 3 aromatic rings. The quantitative estimate of drug-likeness (QED) is 0.405. The van der Waals surface area contributed by atoms with Gasteiger partial charge in [-0.1, -0.05) is 67.1 Å². The Morgan fingerprint density at radius 2 is 1.73 bits per heavy atom. The van der Waals surface area contributed by atoms with Crippen molar-refractivity contribution in [3.8, 4) is 11.1 Å². The minimum Gasteiger partial charge on any atom is -0.352 e. The van der Waals surface area contributed by atoms with Gasteiger partial charge in [-0.2, -0.15) is 0 Å². The Kier molecular flexibility index (Phi) is 6.84. The molecule has 1 saturated carbocycles. The molecule has 0 atom stereocenters. The molecule has 1 fully saturated rings. The SMILES string of the molecule is CSc1nnc(CCCNC(=O)c2ccc(-c3ccccc3)cc2)n1C1CCCC1. The molecule has 1 aliphatic rings. The fourth-order valence-corrected chi connectivity index (χ4v) is 4.72. The van der Waals surface area contributed by atoms with Crippen LogP contribution in [0.15, 0.2) is 59.8 Å². The van der Waals surface area contributed by atoms with Crippen molar-refractivity contribution in [2.45, 2.75) is 49.7 Å². The summed E-state index contributed by atoms with van der Waals surface area (Å²) in [5.74, 6) is 1.02. The maximum atomic E-state index is 12.5. The van der Waals surface area contributed by atoms with E-state index in [9.17, 15) is 4.79 Å². The van der Waals surface area contributed by atoms with E-state index in [1.54, 1.807) is 11.8 Å². The van der Waals surface area contributed by atoms with Crippen LogP contribution in [0.2, 0.25) is 0 Å². The molecule has 1 aromatic heterocycles. The summed E-state index contributed by atoms with van der Waals surface area (Å²) in [6.45, 7) is 0.630. The first-order chi connectivity index (χ1) is 14.8. The molecule has 156 valence electrons. The van der Waals surface area contributed by atoms with Crippen LogP contribution in [0.3, 0.4) is 0 Å². The minimum absolute atomic E-state index is 0.0309. The molecule has 1 heterocycles. The number of nitrogens with one attached hydrogen (secondary N) is 1. The van der Waals surface area contributed by atoms with Crippen molar-refractivity contribution in [2.24, 2.45) is 0 Å². The van der Waals surface area contributed by atoms with E-state index in [2.05, 4.69) is 38.5 Å². The van der Waals surface area contributed by atoms with Gasteiger partial charge in [-0.15, -0.1) is 10.2 Å². The first kappa shape index (κ1) is 20.7. The van der Waals surface area contributed by atoms with E-state index in [0.717, 1.165) is 34.9 Å². The predicted octanol–water partition coefficient (Wildman–Crippen LogP) is 5.14. The number of hydrogen-bond donors (Lipinski definition) is 1. The molecule has 0 saturated heterocycles. The Morgan fingerprint density at radius 1 is 1.03 bits per heavy atom. The van der Waals surface area contributed by atoms with Crippen molar-refractivity contribution >= 4 is 17.7 Å². The van der Waals surface area contributed by atoms with E-state index >= 15 is 0 Å². The zero-order valence-corrected chi connectivity index (χ0v) is 18.2. The van der Waals surface area contributed by atoms with Crippen molar-refractivity contribution in [1.82, 2.24) is 20.1 Å². The minimum atomic E-state index is -0.0309. The summed E-state index contributed by atoms with van der Waals surface area (Å²) in [7, 11) is 0. The summed E-state index contributed by atoms with van der Waals surface area (Å²) in [6.07, 6.45) is 8.75. The molecular weight excluding hydrogens is 392 g/mol. The molecule has 6 heteroatoms. The molecule has 0 bridgehead atoms. The number of thioether (sulfide) groups is 1. The number of rotatable bonds is 8. The Balaban J connectivity index is 1.30. The molecule has 1 aliphatic carbocycles. The fraction of sp³-hybridized carbons (Fsp3) is 0.375. The largest absolute Gasteiger partial charge is 0.352 e. The summed E-state index contributed by atoms with van der Waals surface area (Å²) in [4.78, 5) is 12.5. The molecule has 1 N–H and O–H groups in total. The van der Waals surface area contributed by atoms with Gasteiger partial charge in [0.05, 0.1) is 0 Å². The average Bonchev–Trinajstić information content (AvgIpc) is 3.46. The van der Waals surface area contributed by atoms with Crippen molar-refractivity contribution < 1.29 is 4.79 Å². The number of nitrogens with zero attached hydrogens (tertiary/aromatic N) is 3. The lowest BCUT2D eigenvalue weighted by Crippen LogP contribution is -2.25. The monoisotopic (exact) mass is 420 g/mol. The standard InChI is InChI=1S/C24H28N4OS/c1-30-24-27-26-22(28(24)21-10-5-6-11-21)12-7-17-25-23(29)20-15-13-19(14-16-20)18-8-3-2-4-9-18/h2-4,8-9,13-16,21H,5-7,10-12,17H2,1H3,(H,25,29). The number of carbonyl (C=O) groups is 1. The normalized spacial score (nSPS) is 14.2. The lowest BCUT2D eigenvalue weighted by atomic mass is 10.0. The van der Waals surface area contributed by atoms with Crippen LogP contribution in [0.1, 0.15) is 54.3 Å². The maximum absolute atomic E-state index is 12.5. The zero-order valence-electron chi connectivity index (χ0n) is 17.4. The lowest BCUT2D eigenvalue weighted by Gasteiger charge is -2.16. The molecule has 0 spiro atoms. The smallest absolute Gasteiger partial charge is 0.251 e. The van der Waals surface area contributed by atoms with Crippen LogP contribution < -0.4 is 5.32 Å². The van der Waals surface area contributed by atoms with Crippen LogP contribution in [0, 0.1) is 0 Å². The van der Waals surface area contributed by atoms with E-state index in [1.807, 2.05) is 42.5 Å². The van der Waals surface area contributed by atoms with Crippen LogP contribution >= 0.6 is 11.8 Å². The van der Waals surface area contributed by atoms with Gasteiger partial charge < -0.3 is 9.88 Å². The third-order valence-corrected chi connectivity index (χ3v) is 6.37. The second-order valence-electron chi connectivity index (χ2n) is 7.71. The lowest BCUT2D eigenvalue weighted by molar-refractivity contribution is 0.0953. The van der Waals surface area contributed by atoms with Gasteiger partial charge in [0.2, 0.25) is 0 Å². The molecule has 4 rings (SSSR count). The van der Waals surface area contributed by atoms with Crippen LogP contribution in [-0.4, -0.2) is 33.5 Å². The predicted molar refractivity (Wildman–Crippen MR) is 122 cm³/mol. The fourth-order valence-electron chi connectivity index (χ4n) is 4.14. The molecule has 1 amide bonds. The van der Waals surface area contributed by atoms with Crippen molar-refractivity contribution in [3.63, 3.8) is 0 Å². The Labute approximate surface area is 182 Å². The van der Waals surface area contributed by atoms with Crippen molar-refractivity contribution in [1.29, 1.82) is 0 Å². The number of benzene rings is 2. The van der Waals surface area contributed by atoms with Crippen molar-refractivity contribution in [3.05, 3.63) is 66.0 Å². The summed E-state index contributed by atoms with van der Waals surface area (Å²) in [5, 5.41) is 12.8. The van der Waals surface area contributed by atoms with Gasteiger partial charge in [0.15, 0.2) is 5.16 Å². The molecule has 30 heavy (non-hydrogen) atoms. The highest BCUT2D eigenvalue weighted by Crippen LogP contribution is 2.33. The van der Waals surface area contributed by atoms with Crippen LogP contribution in [-0.2, 0) is 6.42 Å². The van der Waals surface area contributed by atoms with Gasteiger partial charge in [-0.3, -0.25) is 4.79 Å². The van der Waals surface area contributed by atoms with Gasteiger partial charge in [0.1, 0.15) is 5.82 Å².